The van der Waals surface area contributed by atoms with Gasteiger partial charge < -0.3 is 0 Å². The summed E-state index contributed by atoms with van der Waals surface area (Å²) in [4.78, 5) is 23.5. The Kier molecular flexibility index (Phi) is 2.85. The van der Waals surface area contributed by atoms with Crippen LogP contribution in [-0.4, -0.2) is 11.6 Å². The van der Waals surface area contributed by atoms with E-state index in [9.17, 15) is 9.59 Å². The van der Waals surface area contributed by atoms with E-state index in [-0.39, 0.29) is 11.6 Å². The van der Waals surface area contributed by atoms with Crippen LogP contribution in [-0.2, 0) is 9.59 Å². The van der Waals surface area contributed by atoms with E-state index in [1.165, 1.54) is 0 Å². The summed E-state index contributed by atoms with van der Waals surface area (Å²) < 4.78 is 0. The summed E-state index contributed by atoms with van der Waals surface area (Å²) in [5, 5.41) is 0. The van der Waals surface area contributed by atoms with Crippen molar-refractivity contribution >= 4 is 11.6 Å². The highest BCUT2D eigenvalue weighted by molar-refractivity contribution is 6.15. The zero-order valence-corrected chi connectivity index (χ0v) is 9.14. The van der Waals surface area contributed by atoms with E-state index in [4.69, 9.17) is 0 Å². The lowest BCUT2D eigenvalue weighted by molar-refractivity contribution is -0.116. The lowest BCUT2D eigenvalue weighted by Gasteiger charge is -2.10. The Morgan fingerprint density at radius 2 is 2.07 bits per heavy atom. The van der Waals surface area contributed by atoms with Crippen molar-refractivity contribution in [2.45, 2.75) is 45.4 Å². The van der Waals surface area contributed by atoms with E-state index in [0.717, 1.165) is 42.4 Å². The molecular formula is C13H16O2. The van der Waals surface area contributed by atoms with Gasteiger partial charge in [-0.05, 0) is 24.8 Å². The quantitative estimate of drug-likeness (QED) is 0.708. The number of fused-ring (bicyclic) bond motifs is 1. The number of rotatable bonds is 3. The highest BCUT2D eigenvalue weighted by Crippen LogP contribution is 2.36. The third-order valence-corrected chi connectivity index (χ3v) is 3.13. The van der Waals surface area contributed by atoms with Crippen molar-refractivity contribution in [2.75, 3.05) is 0 Å². The summed E-state index contributed by atoms with van der Waals surface area (Å²) >= 11 is 0. The van der Waals surface area contributed by atoms with E-state index in [1.54, 1.807) is 0 Å². The fourth-order valence-electron chi connectivity index (χ4n) is 2.34. The molecule has 2 rings (SSSR count). The lowest BCUT2D eigenvalue weighted by Crippen LogP contribution is -2.08. The minimum atomic E-state index is 0.181. The molecule has 0 aliphatic heterocycles. The van der Waals surface area contributed by atoms with Crippen LogP contribution in [0.2, 0.25) is 0 Å². The van der Waals surface area contributed by atoms with Gasteiger partial charge in [0.2, 0.25) is 0 Å². The predicted octanol–water partition coefficient (Wildman–Crippen LogP) is 2.74. The third-order valence-electron chi connectivity index (χ3n) is 3.13. The first-order valence-corrected chi connectivity index (χ1v) is 5.73. The van der Waals surface area contributed by atoms with Crippen LogP contribution >= 0.6 is 0 Å². The molecule has 0 unspecified atom stereocenters. The predicted molar refractivity (Wildman–Crippen MR) is 58.5 cm³/mol. The molecule has 0 spiro atoms. The molecule has 0 radical (unpaired) electrons. The number of Topliss-reactive ketones (excluding diaryl/α,β-unsaturated/α-hetero) is 2. The third kappa shape index (κ3) is 1.81. The van der Waals surface area contributed by atoms with Gasteiger partial charge in [0.25, 0.3) is 0 Å². The molecule has 0 bridgehead atoms. The van der Waals surface area contributed by atoms with Gasteiger partial charge in [0.15, 0.2) is 11.6 Å². The van der Waals surface area contributed by atoms with Crippen molar-refractivity contribution in [3.05, 3.63) is 22.8 Å². The normalized spacial score (nSPS) is 20.7. The van der Waals surface area contributed by atoms with Crippen LogP contribution in [0.1, 0.15) is 45.4 Å². The summed E-state index contributed by atoms with van der Waals surface area (Å²) in [5.74, 6) is 0.365. The monoisotopic (exact) mass is 204 g/mol. The van der Waals surface area contributed by atoms with E-state index in [1.807, 2.05) is 0 Å². The molecule has 80 valence electrons. The van der Waals surface area contributed by atoms with Crippen LogP contribution in [0.4, 0.5) is 0 Å². The Hall–Kier alpha value is -1.18. The van der Waals surface area contributed by atoms with Crippen molar-refractivity contribution in [3.8, 4) is 0 Å². The molecule has 15 heavy (non-hydrogen) atoms. The van der Waals surface area contributed by atoms with Gasteiger partial charge in [-0.3, -0.25) is 9.59 Å². The van der Waals surface area contributed by atoms with Crippen LogP contribution < -0.4 is 0 Å². The zero-order valence-electron chi connectivity index (χ0n) is 9.14. The number of hydrogen-bond acceptors (Lipinski definition) is 2. The van der Waals surface area contributed by atoms with Gasteiger partial charge >= 0.3 is 0 Å². The van der Waals surface area contributed by atoms with Crippen LogP contribution in [0.15, 0.2) is 22.8 Å². The Morgan fingerprint density at radius 1 is 1.27 bits per heavy atom. The van der Waals surface area contributed by atoms with E-state index >= 15 is 0 Å². The molecule has 0 N–H and O–H groups in total. The molecule has 0 atom stereocenters. The second-order valence-electron chi connectivity index (χ2n) is 4.25. The van der Waals surface area contributed by atoms with Crippen molar-refractivity contribution in [3.63, 3.8) is 0 Å². The smallest absolute Gasteiger partial charge is 0.163 e. The SMILES string of the molecule is CCCCC1=C2C(=O)CCC=C2CC1=O. The number of allylic oxidation sites excluding steroid dienone is 4. The lowest BCUT2D eigenvalue weighted by atomic mass is 9.92. The molecule has 0 fully saturated rings. The molecular weight excluding hydrogens is 188 g/mol. The van der Waals surface area contributed by atoms with Crippen molar-refractivity contribution < 1.29 is 9.59 Å². The first-order chi connectivity index (χ1) is 7.24. The van der Waals surface area contributed by atoms with Gasteiger partial charge in [-0.1, -0.05) is 19.4 Å². The molecule has 0 aromatic carbocycles. The minimum absolute atomic E-state index is 0.181. The van der Waals surface area contributed by atoms with Crippen molar-refractivity contribution in [1.82, 2.24) is 0 Å². The first kappa shape index (κ1) is 10.3. The van der Waals surface area contributed by atoms with Crippen LogP contribution in [0, 0.1) is 0 Å². The number of ketones is 2. The first-order valence-electron chi connectivity index (χ1n) is 5.73. The summed E-state index contributed by atoms with van der Waals surface area (Å²) in [7, 11) is 0. The van der Waals surface area contributed by atoms with E-state index in [2.05, 4.69) is 13.0 Å². The summed E-state index contributed by atoms with van der Waals surface area (Å²) in [6, 6.07) is 0. The molecule has 0 aromatic rings. The van der Waals surface area contributed by atoms with Gasteiger partial charge in [-0.2, -0.15) is 0 Å². The number of carbonyl (C=O) groups is 2. The highest BCUT2D eigenvalue weighted by atomic mass is 16.1. The molecule has 2 aliphatic carbocycles. The van der Waals surface area contributed by atoms with E-state index < -0.39 is 0 Å². The largest absolute Gasteiger partial charge is 0.294 e. The maximum Gasteiger partial charge on any atom is 0.163 e. The average molecular weight is 204 g/mol. The molecule has 2 nitrogen and oxygen atoms in total. The standard InChI is InChI=1S/C13H16O2/c1-2-3-6-10-12(15)8-9-5-4-7-11(14)13(9)10/h5H,2-4,6-8H2,1H3. The topological polar surface area (TPSA) is 34.1 Å². The van der Waals surface area contributed by atoms with Gasteiger partial charge in [0, 0.05) is 24.0 Å². The summed E-state index contributed by atoms with van der Waals surface area (Å²) in [6.07, 6.45) is 6.79. The van der Waals surface area contributed by atoms with Gasteiger partial charge in [0.1, 0.15) is 0 Å². The second kappa shape index (κ2) is 4.13. The summed E-state index contributed by atoms with van der Waals surface area (Å²) in [6.45, 7) is 2.10. The molecule has 0 aromatic heterocycles. The number of unbranched alkanes of at least 4 members (excludes halogenated alkanes) is 1. The van der Waals surface area contributed by atoms with Gasteiger partial charge in [-0.25, -0.2) is 0 Å². The van der Waals surface area contributed by atoms with Gasteiger partial charge in [-0.15, -0.1) is 0 Å². The van der Waals surface area contributed by atoms with Crippen LogP contribution in [0.25, 0.3) is 0 Å². The van der Waals surface area contributed by atoms with Crippen LogP contribution in [0.5, 0.6) is 0 Å². The van der Waals surface area contributed by atoms with Gasteiger partial charge in [0.05, 0.1) is 0 Å². The molecule has 0 saturated heterocycles. The molecule has 2 heteroatoms. The fraction of sp³-hybridized carbons (Fsp3) is 0.538. The Bertz CT molecular complexity index is 372. The number of hydrogen-bond donors (Lipinski definition) is 0. The summed E-state index contributed by atoms with van der Waals surface area (Å²) in [5.41, 5.74) is 2.59. The maximum absolute atomic E-state index is 11.7. The Morgan fingerprint density at radius 3 is 2.80 bits per heavy atom. The molecule has 2 aliphatic rings. The maximum atomic E-state index is 11.7. The molecule has 0 saturated carbocycles. The molecule has 0 heterocycles. The minimum Gasteiger partial charge on any atom is -0.294 e. The fourth-order valence-corrected chi connectivity index (χ4v) is 2.34. The second-order valence-corrected chi connectivity index (χ2v) is 4.25. The van der Waals surface area contributed by atoms with E-state index in [0.29, 0.717) is 12.8 Å². The molecule has 0 amide bonds. The van der Waals surface area contributed by atoms with Crippen molar-refractivity contribution in [2.24, 2.45) is 0 Å². The average Bonchev–Trinajstić information content (AvgIpc) is 2.53. The van der Waals surface area contributed by atoms with Crippen LogP contribution in [0.3, 0.4) is 0 Å². The highest BCUT2D eigenvalue weighted by Gasteiger charge is 2.32. The zero-order chi connectivity index (χ0) is 10.8. The Labute approximate surface area is 90.1 Å². The Balaban J connectivity index is 2.33. The van der Waals surface area contributed by atoms with Crippen molar-refractivity contribution in [1.29, 1.82) is 0 Å². The number of carbonyl (C=O) groups excluding carboxylic acids is 2.